The zero-order valence-corrected chi connectivity index (χ0v) is 6.87. The molecule has 1 aromatic heterocycles. The van der Waals surface area contributed by atoms with Crippen LogP contribution >= 0.6 is 0 Å². The molecule has 1 heterocycles. The Morgan fingerprint density at radius 3 is 2.92 bits per heavy atom. The molecule has 0 atom stereocenters. The molecule has 0 aliphatic heterocycles. The van der Waals surface area contributed by atoms with Crippen molar-refractivity contribution in [2.45, 2.75) is 0 Å². The molecule has 0 saturated heterocycles. The van der Waals surface area contributed by atoms with Crippen LogP contribution in [0, 0.1) is 0 Å². The van der Waals surface area contributed by atoms with Crippen molar-refractivity contribution in [3.05, 3.63) is 40.2 Å². The maximum atomic E-state index is 10.8. The zero-order chi connectivity index (χ0) is 9.26. The van der Waals surface area contributed by atoms with E-state index in [1.165, 1.54) is 0 Å². The van der Waals surface area contributed by atoms with E-state index in [4.69, 9.17) is 5.73 Å². The molecule has 0 bridgehead atoms. The third-order valence-corrected chi connectivity index (χ3v) is 1.85. The molecule has 0 saturated carbocycles. The molecule has 0 radical (unpaired) electrons. The molecule has 2 rings (SSSR count). The highest BCUT2D eigenvalue weighted by Crippen LogP contribution is 1.85. The zero-order valence-electron chi connectivity index (χ0n) is 6.87. The van der Waals surface area contributed by atoms with Crippen molar-refractivity contribution in [1.29, 1.82) is 0 Å². The Morgan fingerprint density at radius 1 is 1.38 bits per heavy atom. The molecule has 13 heavy (non-hydrogen) atoms. The summed E-state index contributed by atoms with van der Waals surface area (Å²) in [5.74, 6) is -0.442. The first-order valence-corrected chi connectivity index (χ1v) is 3.89. The van der Waals surface area contributed by atoms with E-state index in [2.05, 4.69) is 10.7 Å². The maximum absolute atomic E-state index is 10.8. The molecule has 64 valence electrons. The predicted octanol–water partition coefficient (Wildman–Crippen LogP) is -0.600. The van der Waals surface area contributed by atoms with E-state index in [0.717, 1.165) is 10.6 Å². The van der Waals surface area contributed by atoms with Crippen molar-refractivity contribution in [1.82, 2.24) is 4.98 Å². The second-order valence-electron chi connectivity index (χ2n) is 2.75. The molecule has 0 unspecified atom stereocenters. The summed E-state index contributed by atoms with van der Waals surface area (Å²) in [4.78, 5) is 13.8. The van der Waals surface area contributed by atoms with Gasteiger partial charge in [-0.05, 0) is 30.4 Å². The summed E-state index contributed by atoms with van der Waals surface area (Å²) in [7, 11) is 0. The Balaban J connectivity index is 2.73. The van der Waals surface area contributed by atoms with Crippen LogP contribution in [0.25, 0.3) is 12.2 Å². The summed E-state index contributed by atoms with van der Waals surface area (Å²) >= 11 is 0. The minimum atomic E-state index is -0.442. The predicted molar refractivity (Wildman–Crippen MR) is 50.1 cm³/mol. The Morgan fingerprint density at radius 2 is 2.15 bits per heavy atom. The number of allylic oxidation sites excluding steroid dienone is 1. The average molecular weight is 172 g/mol. The monoisotopic (exact) mass is 172 g/mol. The number of rotatable bonds is 1. The number of amides is 1. The van der Waals surface area contributed by atoms with Gasteiger partial charge in [-0.25, -0.2) is 0 Å². The number of carbonyl (C=O) groups excluding carboxylic acids is 1. The van der Waals surface area contributed by atoms with Crippen LogP contribution in [0.5, 0.6) is 0 Å². The topological polar surface area (TPSA) is 58.9 Å². The summed E-state index contributed by atoms with van der Waals surface area (Å²) in [5, 5.41) is 1.84. The quantitative estimate of drug-likeness (QED) is 0.546. The van der Waals surface area contributed by atoms with Crippen molar-refractivity contribution in [2.75, 3.05) is 0 Å². The van der Waals surface area contributed by atoms with Gasteiger partial charge in [0.1, 0.15) is 5.69 Å². The lowest BCUT2D eigenvalue weighted by molar-refractivity contribution is 0.0996. The van der Waals surface area contributed by atoms with E-state index >= 15 is 0 Å². The molecule has 1 aliphatic carbocycles. The number of primary amides is 1. The lowest BCUT2D eigenvalue weighted by Gasteiger charge is -1.83. The average Bonchev–Trinajstić information content (AvgIpc) is 2.38. The van der Waals surface area contributed by atoms with E-state index in [-0.39, 0.29) is 0 Å². The minimum Gasteiger partial charge on any atom is -0.364 e. The van der Waals surface area contributed by atoms with Gasteiger partial charge in [0.15, 0.2) is 0 Å². The Bertz CT molecular complexity index is 490. The van der Waals surface area contributed by atoms with Crippen molar-refractivity contribution in [3.63, 3.8) is 0 Å². The van der Waals surface area contributed by atoms with Crippen molar-refractivity contribution in [2.24, 2.45) is 5.73 Å². The fourth-order valence-electron chi connectivity index (χ4n) is 1.22. The van der Waals surface area contributed by atoms with E-state index in [9.17, 15) is 4.79 Å². The fourth-order valence-corrected chi connectivity index (χ4v) is 1.22. The molecule has 0 aromatic carbocycles. The van der Waals surface area contributed by atoms with Crippen LogP contribution in [0.1, 0.15) is 10.5 Å². The highest BCUT2D eigenvalue weighted by molar-refractivity contribution is 5.91. The van der Waals surface area contributed by atoms with E-state index < -0.39 is 5.91 Å². The van der Waals surface area contributed by atoms with Crippen molar-refractivity contribution < 1.29 is 4.79 Å². The largest absolute Gasteiger partial charge is 0.364 e. The summed E-state index contributed by atoms with van der Waals surface area (Å²) in [6.07, 6.45) is 7.30. The van der Waals surface area contributed by atoms with Crippen LogP contribution in [0.15, 0.2) is 23.9 Å². The number of hydrogen-bond donors (Lipinski definition) is 2. The lowest BCUT2D eigenvalue weighted by atomic mass is 10.3. The first-order valence-electron chi connectivity index (χ1n) is 3.89. The third-order valence-electron chi connectivity index (χ3n) is 1.85. The van der Waals surface area contributed by atoms with Crippen LogP contribution in [-0.2, 0) is 0 Å². The standard InChI is InChI=1S/C10H8N2O/c11-10(13)9-6-7-4-2-1-3-5-8(7)12-9/h2-6,12H,(H2,11,13). The molecule has 1 aromatic rings. The number of fused-ring (bicyclic) bond motifs is 1. The molecule has 3 N–H and O–H groups in total. The molecule has 0 spiro atoms. The molecule has 0 fully saturated rings. The highest BCUT2D eigenvalue weighted by Gasteiger charge is 2.01. The third kappa shape index (κ3) is 1.33. The Labute approximate surface area is 74.6 Å². The van der Waals surface area contributed by atoms with Gasteiger partial charge in [0.25, 0.3) is 5.91 Å². The van der Waals surface area contributed by atoms with Crippen LogP contribution < -0.4 is 16.3 Å². The molecular formula is C10H8N2O. The number of aromatic nitrogens is 1. The van der Waals surface area contributed by atoms with Crippen LogP contribution in [0.2, 0.25) is 0 Å². The van der Waals surface area contributed by atoms with E-state index in [1.54, 1.807) is 18.2 Å². The second-order valence-corrected chi connectivity index (χ2v) is 2.75. The van der Waals surface area contributed by atoms with Gasteiger partial charge in [0.2, 0.25) is 0 Å². The van der Waals surface area contributed by atoms with E-state index in [1.807, 2.05) is 12.2 Å². The summed E-state index contributed by atoms with van der Waals surface area (Å²) < 4.78 is 0. The van der Waals surface area contributed by atoms with Gasteiger partial charge < -0.3 is 10.7 Å². The number of H-pyrrole nitrogens is 1. The number of aromatic amines is 1. The molecule has 3 heteroatoms. The number of nitrogens with one attached hydrogen (secondary N) is 1. The molecule has 1 amide bonds. The van der Waals surface area contributed by atoms with Gasteiger partial charge in [-0.3, -0.25) is 4.79 Å². The maximum Gasteiger partial charge on any atom is 0.265 e. The van der Waals surface area contributed by atoms with Crippen LogP contribution in [0.3, 0.4) is 0 Å². The smallest absolute Gasteiger partial charge is 0.265 e. The SMILES string of the molecule is NC(=O)c1cc2c([nH]1)=CC=C=CC=2. The van der Waals surface area contributed by atoms with Gasteiger partial charge in [-0.2, -0.15) is 0 Å². The van der Waals surface area contributed by atoms with Crippen LogP contribution in [0.4, 0.5) is 0 Å². The number of hydrogen-bond acceptors (Lipinski definition) is 1. The van der Waals surface area contributed by atoms with Crippen LogP contribution in [-0.4, -0.2) is 10.9 Å². The normalized spacial score (nSPS) is 12.6. The molecular weight excluding hydrogens is 164 g/mol. The van der Waals surface area contributed by atoms with Gasteiger partial charge in [0, 0.05) is 10.6 Å². The fraction of sp³-hybridized carbons (Fsp3) is 0. The van der Waals surface area contributed by atoms with Crippen molar-refractivity contribution >= 4 is 18.1 Å². The molecule has 3 nitrogen and oxygen atoms in total. The van der Waals surface area contributed by atoms with Gasteiger partial charge in [0.05, 0.1) is 0 Å². The van der Waals surface area contributed by atoms with Gasteiger partial charge >= 0.3 is 0 Å². The first-order chi connectivity index (χ1) is 6.27. The lowest BCUT2D eigenvalue weighted by Crippen LogP contribution is -2.21. The highest BCUT2D eigenvalue weighted by atomic mass is 16.1. The minimum absolute atomic E-state index is 0.432. The van der Waals surface area contributed by atoms with Crippen molar-refractivity contribution in [3.8, 4) is 0 Å². The van der Waals surface area contributed by atoms with Gasteiger partial charge in [-0.1, -0.05) is 0 Å². The summed E-state index contributed by atoms with van der Waals surface area (Å²) in [6, 6.07) is 1.73. The first kappa shape index (κ1) is 7.65. The van der Waals surface area contributed by atoms with Gasteiger partial charge in [-0.15, -0.1) is 5.73 Å². The number of carbonyl (C=O) groups is 1. The summed E-state index contributed by atoms with van der Waals surface area (Å²) in [5.41, 5.74) is 8.49. The summed E-state index contributed by atoms with van der Waals surface area (Å²) in [6.45, 7) is 0. The Hall–Kier alpha value is -1.99. The second kappa shape index (κ2) is 2.81. The number of nitrogens with two attached hydrogens (primary N) is 1. The Kier molecular flexibility index (Phi) is 1.65. The van der Waals surface area contributed by atoms with E-state index in [0.29, 0.717) is 5.69 Å². The molecule has 1 aliphatic rings.